The second-order valence-electron chi connectivity index (χ2n) is 8.26. The Bertz CT molecular complexity index is 936. The van der Waals surface area contributed by atoms with Crippen molar-refractivity contribution in [2.45, 2.75) is 13.8 Å². The summed E-state index contributed by atoms with van der Waals surface area (Å²) in [7, 11) is 0. The molecule has 31 heavy (non-hydrogen) atoms. The van der Waals surface area contributed by atoms with Gasteiger partial charge in [-0.25, -0.2) is 4.79 Å². The van der Waals surface area contributed by atoms with Crippen molar-refractivity contribution >= 4 is 29.6 Å². The zero-order valence-corrected chi connectivity index (χ0v) is 18.2. The van der Waals surface area contributed by atoms with E-state index in [1.807, 2.05) is 48.5 Å². The molecule has 1 saturated heterocycles. The molecule has 1 N–H and O–H groups in total. The highest BCUT2D eigenvalue weighted by atomic mass is 16.4. The van der Waals surface area contributed by atoms with Gasteiger partial charge in [-0.05, 0) is 53.5 Å². The number of anilines is 1. The molecule has 0 unspecified atom stereocenters. The highest BCUT2D eigenvalue weighted by Gasteiger charge is 2.17. The highest BCUT2D eigenvalue weighted by molar-refractivity contribution is 6.07. The van der Waals surface area contributed by atoms with Gasteiger partial charge in [-0.3, -0.25) is 9.69 Å². The molecule has 0 aromatic heterocycles. The normalized spacial score (nSPS) is 15.3. The maximum Gasteiger partial charge on any atom is 0.328 e. The summed E-state index contributed by atoms with van der Waals surface area (Å²) in [4.78, 5) is 28.0. The number of hydrogen-bond acceptors (Lipinski definition) is 4. The third-order valence-electron chi connectivity index (χ3n) is 5.29. The molecule has 5 heteroatoms. The molecular weight excluding hydrogens is 388 g/mol. The lowest BCUT2D eigenvalue weighted by atomic mass is 10.1. The fraction of sp³-hybridized carbons (Fsp3) is 0.308. The lowest BCUT2D eigenvalue weighted by Crippen LogP contribution is -2.47. The molecule has 1 aliphatic heterocycles. The molecule has 0 bridgehead atoms. The molecule has 162 valence electrons. The Kier molecular flexibility index (Phi) is 7.79. The average Bonchev–Trinajstić information content (AvgIpc) is 2.77. The summed E-state index contributed by atoms with van der Waals surface area (Å²) in [5, 5.41) is 8.67. The molecule has 1 aliphatic rings. The number of rotatable bonds is 8. The molecule has 3 rings (SSSR count). The first-order chi connectivity index (χ1) is 14.9. The van der Waals surface area contributed by atoms with Gasteiger partial charge in [0.25, 0.3) is 0 Å². The Morgan fingerprint density at radius 3 is 1.94 bits per heavy atom. The van der Waals surface area contributed by atoms with Crippen LogP contribution in [0.4, 0.5) is 5.69 Å². The molecule has 0 saturated carbocycles. The predicted octanol–water partition coefficient (Wildman–Crippen LogP) is 4.46. The van der Waals surface area contributed by atoms with Gasteiger partial charge >= 0.3 is 5.97 Å². The third kappa shape index (κ3) is 6.93. The molecule has 0 aliphatic carbocycles. The number of hydrogen-bond donors (Lipinski definition) is 1. The van der Waals surface area contributed by atoms with Crippen molar-refractivity contribution in [3.63, 3.8) is 0 Å². The minimum absolute atomic E-state index is 0.0387. The quantitative estimate of drug-likeness (QED) is 0.507. The standard InChI is InChI=1S/C26H30N2O3/c1-20(2)19-27-15-17-28(18-16-27)24-11-9-23(10-12-24)25(29)13-7-21-3-5-22(6-4-21)8-14-26(30)31/h3-14,20H,15-19H2,1-2H3,(H,30,31). The average molecular weight is 419 g/mol. The topological polar surface area (TPSA) is 60.9 Å². The summed E-state index contributed by atoms with van der Waals surface area (Å²) in [5.41, 5.74) is 3.51. The summed E-state index contributed by atoms with van der Waals surface area (Å²) in [6, 6.07) is 15.2. The Labute approximate surface area is 184 Å². The Morgan fingerprint density at radius 1 is 0.871 bits per heavy atom. The number of ketones is 1. The Morgan fingerprint density at radius 2 is 1.42 bits per heavy atom. The number of carbonyl (C=O) groups is 2. The number of carbonyl (C=O) groups excluding carboxylic acids is 1. The SMILES string of the molecule is CC(C)CN1CCN(c2ccc(C(=O)C=Cc3ccc(C=CC(=O)O)cc3)cc2)CC1. The molecule has 0 radical (unpaired) electrons. The van der Waals surface area contributed by atoms with Crippen LogP contribution < -0.4 is 4.90 Å². The zero-order valence-electron chi connectivity index (χ0n) is 18.2. The van der Waals surface area contributed by atoms with Gasteiger partial charge in [-0.15, -0.1) is 0 Å². The number of aliphatic carboxylic acids is 1. The summed E-state index contributed by atoms with van der Waals surface area (Å²) >= 11 is 0. The lowest BCUT2D eigenvalue weighted by molar-refractivity contribution is -0.131. The second-order valence-corrected chi connectivity index (χ2v) is 8.26. The van der Waals surface area contributed by atoms with Crippen LogP contribution >= 0.6 is 0 Å². The first-order valence-corrected chi connectivity index (χ1v) is 10.7. The maximum absolute atomic E-state index is 12.5. The van der Waals surface area contributed by atoms with E-state index >= 15 is 0 Å². The van der Waals surface area contributed by atoms with Crippen molar-refractivity contribution in [2.75, 3.05) is 37.6 Å². The molecule has 1 fully saturated rings. The van der Waals surface area contributed by atoms with Crippen LogP contribution in [0.25, 0.3) is 12.2 Å². The lowest BCUT2D eigenvalue weighted by Gasteiger charge is -2.36. The van der Waals surface area contributed by atoms with Gasteiger partial charge in [0.1, 0.15) is 0 Å². The number of carboxylic acid groups (broad SMARTS) is 1. The van der Waals surface area contributed by atoms with Gasteiger partial charge in [-0.2, -0.15) is 0 Å². The van der Waals surface area contributed by atoms with Crippen molar-refractivity contribution < 1.29 is 14.7 Å². The van der Waals surface area contributed by atoms with Gasteiger partial charge in [0.05, 0.1) is 0 Å². The monoisotopic (exact) mass is 418 g/mol. The van der Waals surface area contributed by atoms with E-state index in [1.54, 1.807) is 12.2 Å². The van der Waals surface area contributed by atoms with Crippen LogP contribution in [0.3, 0.4) is 0 Å². The molecule has 0 spiro atoms. The van der Waals surface area contributed by atoms with Gasteiger partial charge in [0, 0.05) is 50.1 Å². The number of carboxylic acids is 1. The highest BCUT2D eigenvalue weighted by Crippen LogP contribution is 2.18. The van der Waals surface area contributed by atoms with Gasteiger partial charge in [0.15, 0.2) is 5.78 Å². The third-order valence-corrected chi connectivity index (χ3v) is 5.29. The second kappa shape index (κ2) is 10.7. The number of piperazine rings is 1. The van der Waals surface area contributed by atoms with E-state index in [1.165, 1.54) is 6.08 Å². The molecule has 5 nitrogen and oxygen atoms in total. The van der Waals surface area contributed by atoms with E-state index in [2.05, 4.69) is 23.6 Å². The minimum atomic E-state index is -0.978. The predicted molar refractivity (Wildman–Crippen MR) is 126 cm³/mol. The number of benzene rings is 2. The van der Waals surface area contributed by atoms with Crippen molar-refractivity contribution in [3.8, 4) is 0 Å². The van der Waals surface area contributed by atoms with Crippen molar-refractivity contribution in [1.82, 2.24) is 4.90 Å². The summed E-state index contributed by atoms with van der Waals surface area (Å²) in [6.45, 7) is 9.83. The van der Waals surface area contributed by atoms with Gasteiger partial charge in [-0.1, -0.05) is 44.2 Å². The van der Waals surface area contributed by atoms with Crippen LogP contribution in [0.5, 0.6) is 0 Å². The summed E-state index contributed by atoms with van der Waals surface area (Å²) in [6.07, 6.45) is 5.98. The Hall–Kier alpha value is -3.18. The molecule has 2 aromatic rings. The largest absolute Gasteiger partial charge is 0.478 e. The van der Waals surface area contributed by atoms with E-state index in [0.717, 1.165) is 55.6 Å². The van der Waals surface area contributed by atoms with Crippen LogP contribution in [0.15, 0.2) is 60.7 Å². The zero-order chi connectivity index (χ0) is 22.2. The van der Waals surface area contributed by atoms with E-state index in [4.69, 9.17) is 5.11 Å². The van der Waals surface area contributed by atoms with Crippen LogP contribution in [-0.4, -0.2) is 54.5 Å². The van der Waals surface area contributed by atoms with Crippen LogP contribution in [-0.2, 0) is 4.79 Å². The van der Waals surface area contributed by atoms with E-state index in [0.29, 0.717) is 11.5 Å². The molecular formula is C26H30N2O3. The van der Waals surface area contributed by atoms with Crippen molar-refractivity contribution in [2.24, 2.45) is 5.92 Å². The van der Waals surface area contributed by atoms with Crippen molar-refractivity contribution in [3.05, 3.63) is 77.4 Å². The number of nitrogens with zero attached hydrogens (tertiary/aromatic N) is 2. The molecule has 1 heterocycles. The minimum Gasteiger partial charge on any atom is -0.478 e. The van der Waals surface area contributed by atoms with E-state index in [9.17, 15) is 9.59 Å². The van der Waals surface area contributed by atoms with Crippen molar-refractivity contribution in [1.29, 1.82) is 0 Å². The van der Waals surface area contributed by atoms with E-state index in [-0.39, 0.29) is 5.78 Å². The number of allylic oxidation sites excluding steroid dienone is 1. The smallest absolute Gasteiger partial charge is 0.328 e. The van der Waals surface area contributed by atoms with Crippen LogP contribution in [0.2, 0.25) is 0 Å². The summed E-state index contributed by atoms with van der Waals surface area (Å²) < 4.78 is 0. The van der Waals surface area contributed by atoms with Crippen LogP contribution in [0, 0.1) is 5.92 Å². The first-order valence-electron chi connectivity index (χ1n) is 10.7. The van der Waals surface area contributed by atoms with Gasteiger partial charge < -0.3 is 10.0 Å². The fourth-order valence-corrected chi connectivity index (χ4v) is 3.70. The molecule has 2 aromatic carbocycles. The first kappa shape index (κ1) is 22.5. The van der Waals surface area contributed by atoms with Gasteiger partial charge in [0.2, 0.25) is 0 Å². The maximum atomic E-state index is 12.5. The summed E-state index contributed by atoms with van der Waals surface area (Å²) in [5.74, 6) is -0.325. The van der Waals surface area contributed by atoms with Crippen LogP contribution in [0.1, 0.15) is 35.3 Å². The fourth-order valence-electron chi connectivity index (χ4n) is 3.70. The molecule has 0 amide bonds. The Balaban J connectivity index is 1.55. The van der Waals surface area contributed by atoms with E-state index < -0.39 is 5.97 Å². The molecule has 0 atom stereocenters.